The van der Waals surface area contributed by atoms with Crippen molar-refractivity contribution < 1.29 is 14.5 Å². The fourth-order valence-electron chi connectivity index (χ4n) is 2.06. The maximum absolute atomic E-state index is 11.5. The van der Waals surface area contributed by atoms with Crippen LogP contribution < -0.4 is 0 Å². The van der Waals surface area contributed by atoms with Gasteiger partial charge in [0.2, 0.25) is 0 Å². The molecule has 0 aliphatic heterocycles. The number of nitro benzene ring substituents is 1. The second-order valence-corrected chi connectivity index (χ2v) is 6.36. The molecule has 0 radical (unpaired) electrons. The number of carbonyl (C=O) groups is 1. The van der Waals surface area contributed by atoms with E-state index < -0.39 is 4.92 Å². The molecular formula is C15H18N4O4S. The van der Waals surface area contributed by atoms with Crippen LogP contribution in [0.1, 0.15) is 30.5 Å². The monoisotopic (exact) mass is 350 g/mol. The molecule has 1 heterocycles. The Balaban J connectivity index is 2.11. The summed E-state index contributed by atoms with van der Waals surface area (Å²) in [6.07, 6.45) is 0.0586. The van der Waals surface area contributed by atoms with Gasteiger partial charge in [-0.25, -0.2) is 0 Å². The van der Waals surface area contributed by atoms with Crippen LogP contribution in [0.4, 0.5) is 5.69 Å². The van der Waals surface area contributed by atoms with Crippen molar-refractivity contribution in [2.75, 3.05) is 6.61 Å². The molecule has 0 aliphatic rings. The molecule has 0 bridgehead atoms. The maximum atomic E-state index is 11.5. The highest BCUT2D eigenvalue weighted by atomic mass is 32.2. The SMILES string of the molecule is CCOC(=O)Cc1nnc(S[C@@H](C)c2cccc([N+](=O)[O-])c2)n1C. The third-order valence-corrected chi connectivity index (χ3v) is 4.56. The van der Waals surface area contributed by atoms with Crippen molar-refractivity contribution in [3.05, 3.63) is 45.8 Å². The van der Waals surface area contributed by atoms with Gasteiger partial charge in [-0.2, -0.15) is 0 Å². The molecule has 0 unspecified atom stereocenters. The summed E-state index contributed by atoms with van der Waals surface area (Å²) in [6.45, 7) is 4.00. The van der Waals surface area contributed by atoms with E-state index in [1.165, 1.54) is 17.8 Å². The van der Waals surface area contributed by atoms with E-state index in [4.69, 9.17) is 4.74 Å². The lowest BCUT2D eigenvalue weighted by Gasteiger charge is -2.11. The number of benzene rings is 1. The third kappa shape index (κ3) is 4.31. The van der Waals surface area contributed by atoms with Crippen molar-refractivity contribution in [3.63, 3.8) is 0 Å². The number of hydrogen-bond donors (Lipinski definition) is 0. The van der Waals surface area contributed by atoms with Gasteiger partial charge >= 0.3 is 5.97 Å². The van der Waals surface area contributed by atoms with E-state index in [0.29, 0.717) is 17.6 Å². The van der Waals surface area contributed by atoms with Crippen LogP contribution in [-0.4, -0.2) is 32.3 Å². The molecule has 0 saturated heterocycles. The summed E-state index contributed by atoms with van der Waals surface area (Å²) in [7, 11) is 1.77. The molecule has 0 fully saturated rings. The van der Waals surface area contributed by atoms with Crippen LogP contribution in [0.3, 0.4) is 0 Å². The number of rotatable bonds is 7. The Hall–Kier alpha value is -2.42. The van der Waals surface area contributed by atoms with E-state index in [0.717, 1.165) is 5.56 Å². The van der Waals surface area contributed by atoms with Crippen LogP contribution in [0.15, 0.2) is 29.4 Å². The highest BCUT2D eigenvalue weighted by Gasteiger charge is 2.18. The van der Waals surface area contributed by atoms with E-state index in [1.54, 1.807) is 30.7 Å². The summed E-state index contributed by atoms with van der Waals surface area (Å²) in [4.78, 5) is 22.0. The predicted octanol–water partition coefficient (Wildman–Crippen LogP) is 2.68. The zero-order valence-corrected chi connectivity index (χ0v) is 14.4. The molecule has 0 N–H and O–H groups in total. The fourth-order valence-corrected chi connectivity index (χ4v) is 3.01. The number of nitro groups is 1. The number of carbonyl (C=O) groups excluding carboxylic acids is 1. The van der Waals surface area contributed by atoms with E-state index in [1.807, 2.05) is 13.0 Å². The topological polar surface area (TPSA) is 100 Å². The van der Waals surface area contributed by atoms with Gasteiger partial charge in [0.15, 0.2) is 5.16 Å². The molecule has 8 nitrogen and oxygen atoms in total. The van der Waals surface area contributed by atoms with Crippen molar-refractivity contribution in [1.29, 1.82) is 0 Å². The molecule has 1 aromatic heterocycles. The number of nitrogens with zero attached hydrogens (tertiary/aromatic N) is 4. The summed E-state index contributed by atoms with van der Waals surface area (Å²) in [6, 6.07) is 6.50. The average Bonchev–Trinajstić information content (AvgIpc) is 2.88. The second kappa shape index (κ2) is 7.91. The van der Waals surface area contributed by atoms with Gasteiger partial charge in [0, 0.05) is 24.4 Å². The normalized spacial score (nSPS) is 12.0. The minimum Gasteiger partial charge on any atom is -0.466 e. The van der Waals surface area contributed by atoms with Gasteiger partial charge in [0.1, 0.15) is 12.2 Å². The van der Waals surface area contributed by atoms with E-state index >= 15 is 0 Å². The lowest BCUT2D eigenvalue weighted by atomic mass is 10.1. The summed E-state index contributed by atoms with van der Waals surface area (Å²) < 4.78 is 6.64. The fraction of sp³-hybridized carbons (Fsp3) is 0.400. The molecule has 2 aromatic rings. The molecule has 128 valence electrons. The highest BCUT2D eigenvalue weighted by molar-refractivity contribution is 7.99. The lowest BCUT2D eigenvalue weighted by molar-refractivity contribution is -0.384. The maximum Gasteiger partial charge on any atom is 0.313 e. The largest absolute Gasteiger partial charge is 0.466 e. The van der Waals surface area contributed by atoms with Gasteiger partial charge in [0.25, 0.3) is 5.69 Å². The van der Waals surface area contributed by atoms with Gasteiger partial charge in [-0.15, -0.1) is 10.2 Å². The predicted molar refractivity (Wildman–Crippen MR) is 88.7 cm³/mol. The summed E-state index contributed by atoms with van der Waals surface area (Å²) in [5.41, 5.74) is 0.880. The number of hydrogen-bond acceptors (Lipinski definition) is 7. The highest BCUT2D eigenvalue weighted by Crippen LogP contribution is 2.34. The molecule has 0 aliphatic carbocycles. The van der Waals surface area contributed by atoms with E-state index in [2.05, 4.69) is 10.2 Å². The van der Waals surface area contributed by atoms with Crippen LogP contribution >= 0.6 is 11.8 Å². The first-order valence-electron chi connectivity index (χ1n) is 7.37. The molecule has 0 saturated carbocycles. The molecule has 9 heteroatoms. The van der Waals surface area contributed by atoms with Crippen LogP contribution in [0, 0.1) is 10.1 Å². The van der Waals surface area contributed by atoms with Crippen molar-refractivity contribution in [2.24, 2.45) is 7.05 Å². The molecule has 1 aromatic carbocycles. The Kier molecular flexibility index (Phi) is 5.91. The molecule has 2 rings (SSSR count). The Labute approximate surface area is 143 Å². The van der Waals surface area contributed by atoms with Crippen LogP contribution in [-0.2, 0) is 23.0 Å². The van der Waals surface area contributed by atoms with Gasteiger partial charge in [-0.1, -0.05) is 23.9 Å². The number of esters is 1. The standard InChI is InChI=1S/C15H18N4O4S/c1-4-23-14(20)9-13-16-17-15(18(13)3)24-10(2)11-6-5-7-12(8-11)19(21)22/h5-8,10H,4,9H2,1-3H3/t10-/m0/s1. The van der Waals surface area contributed by atoms with Crippen LogP contribution in [0.5, 0.6) is 0 Å². The number of non-ortho nitro benzene ring substituents is 1. The lowest BCUT2D eigenvalue weighted by Crippen LogP contribution is -2.11. The molecular weight excluding hydrogens is 332 g/mol. The van der Waals surface area contributed by atoms with Crippen molar-refractivity contribution >= 4 is 23.4 Å². The Bertz CT molecular complexity index is 747. The van der Waals surface area contributed by atoms with Crippen LogP contribution in [0.25, 0.3) is 0 Å². The van der Waals surface area contributed by atoms with Crippen molar-refractivity contribution in [2.45, 2.75) is 30.7 Å². The van der Waals surface area contributed by atoms with Crippen molar-refractivity contribution in [1.82, 2.24) is 14.8 Å². The Morgan fingerprint density at radius 1 is 1.46 bits per heavy atom. The number of aromatic nitrogens is 3. The summed E-state index contributed by atoms with van der Waals surface area (Å²) in [5, 5.41) is 19.6. The van der Waals surface area contributed by atoms with Gasteiger partial charge < -0.3 is 9.30 Å². The number of ether oxygens (including phenoxy) is 1. The summed E-state index contributed by atoms with van der Waals surface area (Å²) >= 11 is 1.42. The van der Waals surface area contributed by atoms with Crippen molar-refractivity contribution in [3.8, 4) is 0 Å². The second-order valence-electron chi connectivity index (χ2n) is 5.05. The Morgan fingerprint density at radius 3 is 2.88 bits per heavy atom. The first kappa shape index (κ1) is 17.9. The zero-order chi connectivity index (χ0) is 17.7. The van der Waals surface area contributed by atoms with Gasteiger partial charge in [-0.3, -0.25) is 14.9 Å². The van der Waals surface area contributed by atoms with Gasteiger partial charge in [0.05, 0.1) is 11.5 Å². The van der Waals surface area contributed by atoms with E-state index in [9.17, 15) is 14.9 Å². The quantitative estimate of drug-likeness (QED) is 0.327. The molecule has 0 amide bonds. The Morgan fingerprint density at radius 2 is 2.21 bits per heavy atom. The minimum atomic E-state index is -0.416. The van der Waals surface area contributed by atoms with Crippen LogP contribution in [0.2, 0.25) is 0 Å². The smallest absolute Gasteiger partial charge is 0.313 e. The summed E-state index contributed by atoms with van der Waals surface area (Å²) in [5.74, 6) is 0.165. The first-order chi connectivity index (χ1) is 11.4. The molecule has 0 spiro atoms. The molecule has 24 heavy (non-hydrogen) atoms. The molecule has 1 atom stereocenters. The first-order valence-corrected chi connectivity index (χ1v) is 8.25. The average molecular weight is 350 g/mol. The minimum absolute atomic E-state index is 0.0526. The number of thioether (sulfide) groups is 1. The van der Waals surface area contributed by atoms with E-state index in [-0.39, 0.29) is 23.3 Å². The third-order valence-electron chi connectivity index (χ3n) is 3.37. The zero-order valence-electron chi connectivity index (χ0n) is 13.6. The van der Waals surface area contributed by atoms with Gasteiger partial charge in [-0.05, 0) is 19.4 Å².